The third kappa shape index (κ3) is 5.77. The van der Waals surface area contributed by atoms with Crippen LogP contribution in [-0.2, 0) is 21.6 Å². The van der Waals surface area contributed by atoms with Crippen LogP contribution in [0.25, 0.3) is 0 Å². The summed E-state index contributed by atoms with van der Waals surface area (Å²) in [5.41, 5.74) is 2.23. The van der Waals surface area contributed by atoms with Gasteiger partial charge in [0.2, 0.25) is 0 Å². The minimum atomic E-state index is -0.941. The van der Waals surface area contributed by atoms with Gasteiger partial charge in [0, 0.05) is 11.0 Å². The number of carboxylic acids is 1. The molecule has 1 aliphatic carbocycles. The number of benzene rings is 2. The van der Waals surface area contributed by atoms with Gasteiger partial charge in [0.15, 0.2) is 0 Å². The highest BCUT2D eigenvalue weighted by molar-refractivity contribution is 5.75. The molecule has 3 rings (SSSR count). The van der Waals surface area contributed by atoms with Gasteiger partial charge in [-0.1, -0.05) is 42.5 Å². The number of carboxylic acid groups (broad SMARTS) is 1. The van der Waals surface area contributed by atoms with Crippen molar-refractivity contribution in [3.05, 3.63) is 70.8 Å². The minimum absolute atomic E-state index is 0.121. The van der Waals surface area contributed by atoms with Crippen molar-refractivity contribution in [3.8, 4) is 0 Å². The first-order valence-electron chi connectivity index (χ1n) is 10.4. The second kappa shape index (κ2) is 9.11. The monoisotopic (exact) mass is 410 g/mol. The van der Waals surface area contributed by atoms with Crippen LogP contribution < -0.4 is 0 Å². The second-order valence-electron chi connectivity index (χ2n) is 8.91. The van der Waals surface area contributed by atoms with E-state index in [1.54, 1.807) is 19.9 Å². The molecule has 0 saturated heterocycles. The summed E-state index contributed by atoms with van der Waals surface area (Å²) in [5.74, 6) is -0.797. The summed E-state index contributed by atoms with van der Waals surface area (Å²) in [6.45, 7) is 3.94. The van der Waals surface area contributed by atoms with Gasteiger partial charge in [0.25, 0.3) is 0 Å². The molecule has 0 aliphatic heterocycles. The molecule has 5 heteroatoms. The highest BCUT2D eigenvalue weighted by Gasteiger charge is 2.45. The number of rotatable bonds is 11. The molecule has 1 fully saturated rings. The molecule has 0 heterocycles. The Hall–Kier alpha value is -2.50. The average Bonchev–Trinajstić information content (AvgIpc) is 3.46. The number of aliphatic carboxylic acids is 1. The van der Waals surface area contributed by atoms with Gasteiger partial charge in [-0.25, -0.2) is 0 Å². The molecule has 160 valence electrons. The summed E-state index contributed by atoms with van der Waals surface area (Å²) in [6.07, 6.45) is 3.77. The largest absolute Gasteiger partial charge is 0.481 e. The summed E-state index contributed by atoms with van der Waals surface area (Å²) in [7, 11) is 0. The lowest BCUT2D eigenvalue weighted by atomic mass is 9.89. The first-order valence-corrected chi connectivity index (χ1v) is 10.4. The zero-order valence-corrected chi connectivity index (χ0v) is 17.6. The van der Waals surface area contributed by atoms with Crippen LogP contribution in [0.1, 0.15) is 72.7 Å². The highest BCUT2D eigenvalue weighted by atomic mass is 16.5. The summed E-state index contributed by atoms with van der Waals surface area (Å²) in [4.78, 5) is 22.4. The fourth-order valence-corrected chi connectivity index (χ4v) is 3.95. The normalized spacial score (nSPS) is 16.1. The number of carbonyl (C=O) groups excluding carboxylic acids is 1. The van der Waals surface area contributed by atoms with Crippen LogP contribution >= 0.6 is 0 Å². The molecule has 1 saturated carbocycles. The van der Waals surface area contributed by atoms with Crippen LogP contribution in [0.5, 0.6) is 0 Å². The predicted octanol–water partition coefficient (Wildman–Crippen LogP) is 4.67. The van der Waals surface area contributed by atoms with Crippen molar-refractivity contribution >= 4 is 12.3 Å². The minimum Gasteiger partial charge on any atom is -0.481 e. The Kier molecular flexibility index (Phi) is 6.74. The van der Waals surface area contributed by atoms with E-state index >= 15 is 0 Å². The van der Waals surface area contributed by atoms with E-state index in [0.717, 1.165) is 35.8 Å². The molecule has 5 nitrogen and oxygen atoms in total. The Morgan fingerprint density at radius 3 is 2.57 bits per heavy atom. The molecule has 30 heavy (non-hydrogen) atoms. The third-order valence-corrected chi connectivity index (χ3v) is 5.84. The molecule has 1 atom stereocenters. The molecule has 0 bridgehead atoms. The fourth-order valence-electron chi connectivity index (χ4n) is 3.95. The van der Waals surface area contributed by atoms with Gasteiger partial charge < -0.3 is 14.9 Å². The molecule has 0 spiro atoms. The lowest BCUT2D eigenvalue weighted by Gasteiger charge is -2.25. The number of aldehydes is 1. The molecule has 2 N–H and O–H groups in total. The van der Waals surface area contributed by atoms with Crippen molar-refractivity contribution in [2.24, 2.45) is 5.41 Å². The topological polar surface area (TPSA) is 83.8 Å². The Labute approximate surface area is 177 Å². The predicted molar refractivity (Wildman–Crippen MR) is 114 cm³/mol. The van der Waals surface area contributed by atoms with Crippen molar-refractivity contribution in [2.45, 2.75) is 57.7 Å². The van der Waals surface area contributed by atoms with Crippen LogP contribution in [0, 0.1) is 5.41 Å². The first kappa shape index (κ1) is 22.2. The van der Waals surface area contributed by atoms with Gasteiger partial charge >= 0.3 is 5.97 Å². The van der Waals surface area contributed by atoms with Gasteiger partial charge in [0.1, 0.15) is 6.29 Å². The number of aliphatic hydroxyl groups is 1. The molecule has 2 aromatic carbocycles. The van der Waals surface area contributed by atoms with Crippen LogP contribution in [0.15, 0.2) is 48.5 Å². The Bertz CT molecular complexity index is 892. The maximum Gasteiger partial charge on any atom is 0.303 e. The van der Waals surface area contributed by atoms with Crippen LogP contribution in [0.3, 0.4) is 0 Å². The van der Waals surface area contributed by atoms with E-state index in [1.165, 1.54) is 0 Å². The van der Waals surface area contributed by atoms with Gasteiger partial charge in [-0.05, 0) is 62.3 Å². The maximum atomic E-state index is 11.2. The SMILES string of the molecule is CC(C)(O)c1ccccc1CC[C@@H](OCC1(CC(=O)O)CC1)c1cccc(C=O)c1. The van der Waals surface area contributed by atoms with Crippen molar-refractivity contribution < 1.29 is 24.5 Å². The summed E-state index contributed by atoms with van der Waals surface area (Å²) >= 11 is 0. The highest BCUT2D eigenvalue weighted by Crippen LogP contribution is 2.49. The fraction of sp³-hybridized carbons (Fsp3) is 0.440. The zero-order chi connectivity index (χ0) is 21.8. The van der Waals surface area contributed by atoms with Crippen molar-refractivity contribution in [1.29, 1.82) is 0 Å². The average molecular weight is 411 g/mol. The van der Waals surface area contributed by atoms with E-state index in [-0.39, 0.29) is 17.9 Å². The summed E-state index contributed by atoms with van der Waals surface area (Å²) < 4.78 is 6.26. The van der Waals surface area contributed by atoms with Gasteiger partial charge in [-0.15, -0.1) is 0 Å². The van der Waals surface area contributed by atoms with Crippen molar-refractivity contribution in [2.75, 3.05) is 6.61 Å². The van der Waals surface area contributed by atoms with E-state index < -0.39 is 11.6 Å². The lowest BCUT2D eigenvalue weighted by Crippen LogP contribution is -2.20. The van der Waals surface area contributed by atoms with Crippen LogP contribution in [0.4, 0.5) is 0 Å². The Morgan fingerprint density at radius 2 is 1.93 bits per heavy atom. The zero-order valence-electron chi connectivity index (χ0n) is 17.6. The Morgan fingerprint density at radius 1 is 1.20 bits per heavy atom. The lowest BCUT2D eigenvalue weighted by molar-refractivity contribution is -0.139. The molecular weight excluding hydrogens is 380 g/mol. The van der Waals surface area contributed by atoms with E-state index in [0.29, 0.717) is 25.0 Å². The number of ether oxygens (including phenoxy) is 1. The number of carbonyl (C=O) groups is 2. The maximum absolute atomic E-state index is 11.2. The van der Waals surface area contributed by atoms with E-state index in [2.05, 4.69) is 0 Å². The number of hydrogen-bond acceptors (Lipinski definition) is 4. The molecule has 0 unspecified atom stereocenters. The van der Waals surface area contributed by atoms with Crippen LogP contribution in [-0.4, -0.2) is 29.1 Å². The smallest absolute Gasteiger partial charge is 0.303 e. The standard InChI is InChI=1S/C25H30O5/c1-24(2,29)21-9-4-3-7-19(21)10-11-22(20-8-5-6-18(14-20)16-26)30-17-25(12-13-25)15-23(27)28/h3-9,14,16,22,29H,10-13,15,17H2,1-2H3,(H,27,28)/t22-/m1/s1. The van der Waals surface area contributed by atoms with E-state index in [4.69, 9.17) is 4.74 Å². The quantitative estimate of drug-likeness (QED) is 0.526. The van der Waals surface area contributed by atoms with Gasteiger partial charge in [-0.3, -0.25) is 9.59 Å². The van der Waals surface area contributed by atoms with E-state index in [9.17, 15) is 19.8 Å². The molecular formula is C25H30O5. The molecule has 2 aromatic rings. The molecule has 0 radical (unpaired) electrons. The summed E-state index contributed by atoms with van der Waals surface area (Å²) in [5, 5.41) is 19.7. The van der Waals surface area contributed by atoms with Gasteiger partial charge in [-0.2, -0.15) is 0 Å². The van der Waals surface area contributed by atoms with E-state index in [1.807, 2.05) is 42.5 Å². The summed E-state index contributed by atoms with van der Waals surface area (Å²) in [6, 6.07) is 15.2. The molecule has 0 amide bonds. The van der Waals surface area contributed by atoms with Gasteiger partial charge in [0.05, 0.1) is 24.7 Å². The number of hydrogen-bond donors (Lipinski definition) is 2. The third-order valence-electron chi connectivity index (χ3n) is 5.84. The Balaban J connectivity index is 1.78. The second-order valence-corrected chi connectivity index (χ2v) is 8.91. The molecule has 0 aromatic heterocycles. The molecule has 1 aliphatic rings. The van der Waals surface area contributed by atoms with Crippen LogP contribution in [0.2, 0.25) is 0 Å². The van der Waals surface area contributed by atoms with Crippen molar-refractivity contribution in [1.82, 2.24) is 0 Å². The van der Waals surface area contributed by atoms with Crippen molar-refractivity contribution in [3.63, 3.8) is 0 Å². The first-order chi connectivity index (χ1) is 14.2. The number of aryl methyl sites for hydroxylation is 1.